The number of halogens is 2. The number of rotatable bonds is 2. The molecule has 1 aliphatic rings. The van der Waals surface area contributed by atoms with Crippen molar-refractivity contribution in [2.45, 2.75) is 31.8 Å². The van der Waals surface area contributed by atoms with Gasteiger partial charge >= 0.3 is 0 Å². The van der Waals surface area contributed by atoms with Crippen LogP contribution < -0.4 is 5.73 Å². The van der Waals surface area contributed by atoms with Gasteiger partial charge in [0.05, 0.1) is 6.04 Å². The van der Waals surface area contributed by atoms with Crippen LogP contribution in [0.25, 0.3) is 0 Å². The van der Waals surface area contributed by atoms with Crippen molar-refractivity contribution >= 4 is 29.9 Å². The lowest BCUT2D eigenvalue weighted by molar-refractivity contribution is -0.132. The van der Waals surface area contributed by atoms with Crippen LogP contribution in [-0.4, -0.2) is 23.4 Å². The van der Waals surface area contributed by atoms with E-state index in [9.17, 15) is 4.79 Å². The highest BCUT2D eigenvalue weighted by Crippen LogP contribution is 2.19. The van der Waals surface area contributed by atoms with Crippen molar-refractivity contribution in [3.8, 4) is 0 Å². The van der Waals surface area contributed by atoms with Crippen LogP contribution in [-0.2, 0) is 11.3 Å². The van der Waals surface area contributed by atoms with Gasteiger partial charge in [-0.3, -0.25) is 4.79 Å². The Morgan fingerprint density at radius 3 is 2.78 bits per heavy atom. The Morgan fingerprint density at radius 2 is 2.06 bits per heavy atom. The number of hydrogen-bond acceptors (Lipinski definition) is 2. The SMILES string of the molecule is Cl.N[C@H]1CCCCN(Cc2ccccc2Cl)C1=O. The van der Waals surface area contributed by atoms with Gasteiger partial charge in [0.1, 0.15) is 0 Å². The van der Waals surface area contributed by atoms with Crippen LogP contribution >= 0.6 is 24.0 Å². The number of benzene rings is 1. The fourth-order valence-electron chi connectivity index (χ4n) is 2.12. The smallest absolute Gasteiger partial charge is 0.239 e. The standard InChI is InChI=1S/C13H17ClN2O.ClH/c14-11-6-2-1-5-10(11)9-16-8-4-3-7-12(15)13(16)17;/h1-2,5-6,12H,3-4,7-9,15H2;1H/t12-;/m0./s1. The summed E-state index contributed by atoms with van der Waals surface area (Å²) in [7, 11) is 0. The van der Waals surface area contributed by atoms with Gasteiger partial charge in [-0.25, -0.2) is 0 Å². The van der Waals surface area contributed by atoms with Crippen LogP contribution in [0.5, 0.6) is 0 Å². The van der Waals surface area contributed by atoms with Gasteiger partial charge in [-0.05, 0) is 30.9 Å². The summed E-state index contributed by atoms with van der Waals surface area (Å²) < 4.78 is 0. The van der Waals surface area contributed by atoms with Gasteiger partial charge in [0, 0.05) is 18.1 Å². The molecule has 2 rings (SSSR count). The van der Waals surface area contributed by atoms with Crippen LogP contribution in [0.1, 0.15) is 24.8 Å². The average Bonchev–Trinajstić information content (AvgIpc) is 2.47. The van der Waals surface area contributed by atoms with Gasteiger partial charge in [0.25, 0.3) is 0 Å². The molecule has 1 atom stereocenters. The van der Waals surface area contributed by atoms with Crippen LogP contribution in [0.2, 0.25) is 5.02 Å². The number of hydrogen-bond donors (Lipinski definition) is 1. The highest BCUT2D eigenvalue weighted by atomic mass is 35.5. The minimum Gasteiger partial charge on any atom is -0.337 e. The van der Waals surface area contributed by atoms with Crippen molar-refractivity contribution < 1.29 is 4.79 Å². The van der Waals surface area contributed by atoms with Crippen molar-refractivity contribution in [1.82, 2.24) is 4.90 Å². The topological polar surface area (TPSA) is 46.3 Å². The third-order valence-electron chi connectivity index (χ3n) is 3.14. The Morgan fingerprint density at radius 1 is 1.33 bits per heavy atom. The van der Waals surface area contributed by atoms with E-state index >= 15 is 0 Å². The lowest BCUT2D eigenvalue weighted by Gasteiger charge is -2.23. The summed E-state index contributed by atoms with van der Waals surface area (Å²) in [6.07, 6.45) is 2.83. The second-order valence-corrected chi connectivity index (χ2v) is 4.86. The number of nitrogens with two attached hydrogens (primary N) is 1. The molecular weight excluding hydrogens is 271 g/mol. The molecular formula is C13H18Cl2N2O. The van der Waals surface area contributed by atoms with Gasteiger partial charge in [0.15, 0.2) is 0 Å². The fourth-order valence-corrected chi connectivity index (χ4v) is 2.32. The summed E-state index contributed by atoms with van der Waals surface area (Å²) in [6, 6.07) is 7.27. The predicted octanol–water partition coefficient (Wildman–Crippen LogP) is 2.60. The fraction of sp³-hybridized carbons (Fsp3) is 0.462. The second kappa shape index (κ2) is 6.98. The highest BCUT2D eigenvalue weighted by Gasteiger charge is 2.24. The molecule has 1 saturated heterocycles. The minimum atomic E-state index is -0.347. The summed E-state index contributed by atoms with van der Waals surface area (Å²) >= 11 is 6.10. The Kier molecular flexibility index (Phi) is 5.93. The molecule has 0 aromatic heterocycles. The van der Waals surface area contributed by atoms with Crippen molar-refractivity contribution in [1.29, 1.82) is 0 Å². The van der Waals surface area contributed by atoms with Crippen LogP contribution in [0, 0.1) is 0 Å². The minimum absolute atomic E-state index is 0. The second-order valence-electron chi connectivity index (χ2n) is 4.45. The van der Waals surface area contributed by atoms with Gasteiger partial charge in [-0.1, -0.05) is 29.8 Å². The summed E-state index contributed by atoms with van der Waals surface area (Å²) in [5.74, 6) is 0.0439. The quantitative estimate of drug-likeness (QED) is 0.909. The summed E-state index contributed by atoms with van der Waals surface area (Å²) in [5.41, 5.74) is 6.82. The molecule has 1 aromatic carbocycles. The molecule has 0 unspecified atom stereocenters. The normalized spacial score (nSPS) is 20.2. The first-order valence-electron chi connectivity index (χ1n) is 5.96. The molecule has 18 heavy (non-hydrogen) atoms. The molecule has 0 saturated carbocycles. The van der Waals surface area contributed by atoms with Gasteiger partial charge in [-0.15, -0.1) is 12.4 Å². The number of carbonyl (C=O) groups is 1. The van der Waals surface area contributed by atoms with E-state index in [2.05, 4.69) is 0 Å². The molecule has 2 N–H and O–H groups in total. The molecule has 1 amide bonds. The van der Waals surface area contributed by atoms with Crippen LogP contribution in [0.4, 0.5) is 0 Å². The molecule has 0 aliphatic carbocycles. The molecule has 0 bridgehead atoms. The maximum Gasteiger partial charge on any atom is 0.239 e. The average molecular weight is 289 g/mol. The van der Waals surface area contributed by atoms with Crippen LogP contribution in [0.3, 0.4) is 0 Å². The third-order valence-corrected chi connectivity index (χ3v) is 3.51. The van der Waals surface area contributed by atoms with Gasteiger partial charge in [0.2, 0.25) is 5.91 Å². The molecule has 1 fully saturated rings. The zero-order chi connectivity index (χ0) is 12.3. The molecule has 1 aromatic rings. The van der Waals surface area contributed by atoms with E-state index < -0.39 is 0 Å². The zero-order valence-electron chi connectivity index (χ0n) is 10.1. The number of likely N-dealkylation sites (tertiary alicyclic amines) is 1. The largest absolute Gasteiger partial charge is 0.337 e. The first kappa shape index (κ1) is 15.3. The monoisotopic (exact) mass is 288 g/mol. The van der Waals surface area contributed by atoms with E-state index in [0.29, 0.717) is 11.6 Å². The maximum absolute atomic E-state index is 12.0. The number of nitrogens with zero attached hydrogens (tertiary/aromatic N) is 1. The first-order chi connectivity index (χ1) is 8.18. The summed E-state index contributed by atoms with van der Waals surface area (Å²) in [5, 5.41) is 0.707. The van der Waals surface area contributed by atoms with E-state index in [1.807, 2.05) is 29.2 Å². The van der Waals surface area contributed by atoms with E-state index in [1.165, 1.54) is 0 Å². The Balaban J connectivity index is 0.00000162. The Bertz CT molecular complexity index is 412. The molecule has 0 spiro atoms. The Hall–Kier alpha value is -0.770. The van der Waals surface area contributed by atoms with Crippen molar-refractivity contribution in [2.75, 3.05) is 6.54 Å². The number of amides is 1. The molecule has 3 nitrogen and oxygen atoms in total. The number of carbonyl (C=O) groups excluding carboxylic acids is 1. The Labute approximate surface area is 119 Å². The van der Waals surface area contributed by atoms with Gasteiger partial charge < -0.3 is 10.6 Å². The van der Waals surface area contributed by atoms with Crippen LogP contribution in [0.15, 0.2) is 24.3 Å². The van der Waals surface area contributed by atoms with Crippen molar-refractivity contribution in [2.24, 2.45) is 5.73 Å². The predicted molar refractivity (Wildman–Crippen MR) is 75.9 cm³/mol. The summed E-state index contributed by atoms with van der Waals surface area (Å²) in [6.45, 7) is 1.34. The van der Waals surface area contributed by atoms with E-state index in [0.717, 1.165) is 31.4 Å². The summed E-state index contributed by atoms with van der Waals surface area (Å²) in [4.78, 5) is 13.8. The van der Waals surface area contributed by atoms with E-state index in [1.54, 1.807) is 0 Å². The molecule has 1 heterocycles. The highest BCUT2D eigenvalue weighted by molar-refractivity contribution is 6.31. The molecule has 5 heteroatoms. The lowest BCUT2D eigenvalue weighted by atomic mass is 10.1. The van der Waals surface area contributed by atoms with E-state index in [-0.39, 0.29) is 24.4 Å². The molecule has 1 aliphatic heterocycles. The molecule has 100 valence electrons. The molecule has 0 radical (unpaired) electrons. The first-order valence-corrected chi connectivity index (χ1v) is 6.34. The van der Waals surface area contributed by atoms with Crippen molar-refractivity contribution in [3.05, 3.63) is 34.9 Å². The van der Waals surface area contributed by atoms with Gasteiger partial charge in [-0.2, -0.15) is 0 Å². The maximum atomic E-state index is 12.0. The van der Waals surface area contributed by atoms with E-state index in [4.69, 9.17) is 17.3 Å². The lowest BCUT2D eigenvalue weighted by Crippen LogP contribution is -2.41. The third kappa shape index (κ3) is 3.61. The van der Waals surface area contributed by atoms with Crippen molar-refractivity contribution in [3.63, 3.8) is 0 Å². The zero-order valence-corrected chi connectivity index (χ0v) is 11.7.